The molecule has 19 heavy (non-hydrogen) atoms. The fraction of sp³-hybridized carbons (Fsp3) is 0.714. The molecule has 1 saturated carbocycles. The van der Waals surface area contributed by atoms with Crippen LogP contribution in [0.5, 0.6) is 0 Å². The molecule has 3 rings (SSSR count). The molecule has 1 aliphatic carbocycles. The van der Waals surface area contributed by atoms with E-state index < -0.39 is 0 Å². The van der Waals surface area contributed by atoms with Gasteiger partial charge in [0.2, 0.25) is 0 Å². The molecule has 5 heteroatoms. The highest BCUT2D eigenvalue weighted by atomic mass is 35.5. The average Bonchev–Trinajstić information content (AvgIpc) is 3.22. The summed E-state index contributed by atoms with van der Waals surface area (Å²) in [6, 6.07) is 1.87. The first-order valence-corrected chi connectivity index (χ1v) is 7.32. The molecule has 1 aromatic heterocycles. The standard InChI is InChI=1S/C14H20ClN3O/c1-14(19-2)6-3-7-18(9-14)12-8-11(15)16-13(17-12)10-4-5-10/h8,10H,3-7,9H2,1-2H3. The van der Waals surface area contributed by atoms with Gasteiger partial charge in [-0.3, -0.25) is 0 Å². The van der Waals surface area contributed by atoms with Crippen molar-refractivity contribution in [3.63, 3.8) is 0 Å². The molecule has 1 aliphatic heterocycles. The molecule has 2 aliphatic rings. The third-order valence-electron chi connectivity index (χ3n) is 4.12. The van der Waals surface area contributed by atoms with Gasteiger partial charge in [-0.1, -0.05) is 11.6 Å². The Balaban J connectivity index is 1.84. The zero-order valence-electron chi connectivity index (χ0n) is 11.5. The third-order valence-corrected chi connectivity index (χ3v) is 4.31. The van der Waals surface area contributed by atoms with E-state index >= 15 is 0 Å². The van der Waals surface area contributed by atoms with E-state index in [4.69, 9.17) is 21.3 Å². The summed E-state index contributed by atoms with van der Waals surface area (Å²) in [6.07, 6.45) is 4.59. The molecule has 2 heterocycles. The van der Waals surface area contributed by atoms with E-state index in [-0.39, 0.29) is 5.60 Å². The van der Waals surface area contributed by atoms with Gasteiger partial charge in [-0.25, -0.2) is 9.97 Å². The Morgan fingerprint density at radius 1 is 1.42 bits per heavy atom. The van der Waals surface area contributed by atoms with Crippen LogP contribution in [0.25, 0.3) is 0 Å². The van der Waals surface area contributed by atoms with Crippen LogP contribution in [0.15, 0.2) is 6.07 Å². The molecule has 2 fully saturated rings. The number of rotatable bonds is 3. The monoisotopic (exact) mass is 281 g/mol. The largest absolute Gasteiger partial charge is 0.377 e. The lowest BCUT2D eigenvalue weighted by Gasteiger charge is -2.40. The molecule has 0 N–H and O–H groups in total. The van der Waals surface area contributed by atoms with Crippen molar-refractivity contribution in [2.75, 3.05) is 25.1 Å². The van der Waals surface area contributed by atoms with Crippen LogP contribution in [0, 0.1) is 0 Å². The van der Waals surface area contributed by atoms with Crippen LogP contribution >= 0.6 is 11.6 Å². The second-order valence-corrected chi connectivity index (χ2v) is 6.25. The summed E-state index contributed by atoms with van der Waals surface area (Å²) in [6.45, 7) is 4.03. The van der Waals surface area contributed by atoms with Gasteiger partial charge >= 0.3 is 0 Å². The van der Waals surface area contributed by atoms with Crippen molar-refractivity contribution < 1.29 is 4.74 Å². The lowest BCUT2D eigenvalue weighted by Crippen LogP contribution is -2.47. The molecule has 4 nitrogen and oxygen atoms in total. The Labute approximate surface area is 119 Å². The molecule has 0 amide bonds. The highest BCUT2D eigenvalue weighted by molar-refractivity contribution is 6.29. The second-order valence-electron chi connectivity index (χ2n) is 5.86. The van der Waals surface area contributed by atoms with Gasteiger partial charge in [0.1, 0.15) is 16.8 Å². The number of nitrogens with zero attached hydrogens (tertiary/aromatic N) is 3. The molecule has 1 unspecified atom stereocenters. The maximum absolute atomic E-state index is 6.14. The topological polar surface area (TPSA) is 38.2 Å². The average molecular weight is 282 g/mol. The molecule has 1 saturated heterocycles. The second kappa shape index (κ2) is 4.91. The number of ether oxygens (including phenoxy) is 1. The smallest absolute Gasteiger partial charge is 0.135 e. The summed E-state index contributed by atoms with van der Waals surface area (Å²) < 4.78 is 5.63. The van der Waals surface area contributed by atoms with Gasteiger partial charge in [0.15, 0.2) is 0 Å². The van der Waals surface area contributed by atoms with Crippen LogP contribution in [0.1, 0.15) is 44.3 Å². The zero-order valence-corrected chi connectivity index (χ0v) is 12.3. The van der Waals surface area contributed by atoms with Crippen LogP contribution in [0.2, 0.25) is 5.15 Å². The van der Waals surface area contributed by atoms with Crippen molar-refractivity contribution in [3.05, 3.63) is 17.0 Å². The Morgan fingerprint density at radius 2 is 2.21 bits per heavy atom. The van der Waals surface area contributed by atoms with Gasteiger partial charge in [0.05, 0.1) is 5.60 Å². The molecular formula is C14H20ClN3O. The summed E-state index contributed by atoms with van der Waals surface area (Å²) in [7, 11) is 1.78. The first-order chi connectivity index (χ1) is 9.09. The normalized spacial score (nSPS) is 27.6. The fourth-order valence-electron chi connectivity index (χ4n) is 2.68. The highest BCUT2D eigenvalue weighted by Crippen LogP contribution is 2.39. The van der Waals surface area contributed by atoms with Gasteiger partial charge in [-0.15, -0.1) is 0 Å². The number of halogens is 1. The van der Waals surface area contributed by atoms with Crippen molar-refractivity contribution in [3.8, 4) is 0 Å². The van der Waals surface area contributed by atoms with E-state index in [1.54, 1.807) is 7.11 Å². The van der Waals surface area contributed by atoms with Crippen LogP contribution in [0.4, 0.5) is 5.82 Å². The van der Waals surface area contributed by atoms with Gasteiger partial charge in [0.25, 0.3) is 0 Å². The van der Waals surface area contributed by atoms with Crippen LogP contribution < -0.4 is 4.90 Å². The van der Waals surface area contributed by atoms with Crippen molar-refractivity contribution in [2.45, 2.75) is 44.1 Å². The summed E-state index contributed by atoms with van der Waals surface area (Å²) in [5.74, 6) is 2.38. The van der Waals surface area contributed by atoms with Gasteiger partial charge in [0, 0.05) is 32.2 Å². The van der Waals surface area contributed by atoms with Crippen molar-refractivity contribution >= 4 is 17.4 Å². The van der Waals surface area contributed by atoms with Crippen LogP contribution in [0.3, 0.4) is 0 Å². The minimum atomic E-state index is -0.0879. The summed E-state index contributed by atoms with van der Waals surface area (Å²) >= 11 is 6.14. The first kappa shape index (κ1) is 13.1. The minimum Gasteiger partial charge on any atom is -0.377 e. The Morgan fingerprint density at radius 3 is 2.89 bits per heavy atom. The Hall–Kier alpha value is -0.870. The Bertz CT molecular complexity index is 478. The predicted molar refractivity (Wildman–Crippen MR) is 75.9 cm³/mol. The third kappa shape index (κ3) is 2.84. The maximum atomic E-state index is 6.14. The zero-order chi connectivity index (χ0) is 13.5. The van der Waals surface area contributed by atoms with E-state index in [1.807, 2.05) is 6.07 Å². The number of hydrogen-bond acceptors (Lipinski definition) is 4. The van der Waals surface area contributed by atoms with E-state index in [0.717, 1.165) is 37.6 Å². The number of aromatic nitrogens is 2. The van der Waals surface area contributed by atoms with E-state index in [0.29, 0.717) is 11.1 Å². The molecule has 0 spiro atoms. The molecule has 0 radical (unpaired) electrons. The van der Waals surface area contributed by atoms with E-state index in [2.05, 4.69) is 16.8 Å². The lowest BCUT2D eigenvalue weighted by molar-refractivity contribution is -0.00482. The van der Waals surface area contributed by atoms with Crippen LogP contribution in [-0.2, 0) is 4.74 Å². The predicted octanol–water partition coefficient (Wildman–Crippen LogP) is 3.01. The van der Waals surface area contributed by atoms with Crippen molar-refractivity contribution in [2.24, 2.45) is 0 Å². The lowest BCUT2D eigenvalue weighted by atomic mass is 9.95. The molecule has 104 valence electrons. The van der Waals surface area contributed by atoms with Gasteiger partial charge in [-0.05, 0) is 32.6 Å². The Kier molecular flexibility index (Phi) is 3.39. The van der Waals surface area contributed by atoms with Crippen molar-refractivity contribution in [1.29, 1.82) is 0 Å². The summed E-state index contributed by atoms with van der Waals surface area (Å²) in [5.41, 5.74) is -0.0879. The first-order valence-electron chi connectivity index (χ1n) is 6.94. The molecular weight excluding hydrogens is 262 g/mol. The number of anilines is 1. The fourth-order valence-corrected chi connectivity index (χ4v) is 2.86. The number of piperidine rings is 1. The van der Waals surface area contributed by atoms with E-state index in [1.165, 1.54) is 12.8 Å². The quantitative estimate of drug-likeness (QED) is 0.799. The highest BCUT2D eigenvalue weighted by Gasteiger charge is 2.33. The van der Waals surface area contributed by atoms with Crippen molar-refractivity contribution in [1.82, 2.24) is 9.97 Å². The van der Waals surface area contributed by atoms with Gasteiger partial charge in [-0.2, -0.15) is 0 Å². The molecule has 1 aromatic rings. The molecule has 0 bridgehead atoms. The van der Waals surface area contributed by atoms with E-state index in [9.17, 15) is 0 Å². The van der Waals surface area contributed by atoms with Gasteiger partial charge < -0.3 is 9.64 Å². The summed E-state index contributed by atoms with van der Waals surface area (Å²) in [4.78, 5) is 11.3. The minimum absolute atomic E-state index is 0.0879. The SMILES string of the molecule is COC1(C)CCCN(c2cc(Cl)nc(C3CC3)n2)C1. The van der Waals surface area contributed by atoms with Crippen LogP contribution in [-0.4, -0.2) is 35.8 Å². The number of methoxy groups -OCH3 is 1. The number of hydrogen-bond donors (Lipinski definition) is 0. The maximum Gasteiger partial charge on any atom is 0.135 e. The molecule has 0 aromatic carbocycles. The summed E-state index contributed by atoms with van der Waals surface area (Å²) in [5, 5.41) is 0.552. The molecule has 1 atom stereocenters.